The predicted molar refractivity (Wildman–Crippen MR) is 101 cm³/mol. The summed E-state index contributed by atoms with van der Waals surface area (Å²) in [6.07, 6.45) is 6.28. The van der Waals surface area contributed by atoms with Gasteiger partial charge in [0, 0.05) is 18.0 Å². The number of pyridine rings is 1. The molecule has 2 heterocycles. The first-order chi connectivity index (χ1) is 10.9. The Hall–Kier alpha value is -1.79. The molecule has 0 aliphatic carbocycles. The van der Waals surface area contributed by atoms with Crippen molar-refractivity contribution in [3.8, 4) is 11.8 Å². The molecule has 0 saturated heterocycles. The lowest BCUT2D eigenvalue weighted by Gasteiger charge is -2.44. The summed E-state index contributed by atoms with van der Waals surface area (Å²) in [5, 5.41) is 0. The van der Waals surface area contributed by atoms with Crippen LogP contribution in [0.1, 0.15) is 52.8 Å². The Labute approximate surface area is 142 Å². The molecule has 0 aliphatic heterocycles. The molecular weight excluding hydrogens is 296 g/mol. The molecule has 0 unspecified atom stereocenters. The molecule has 0 atom stereocenters. The standard InChI is InChI=1S/C20H28N2Si/c1-16(2)23(17(3)4,18(5)6)22-14-12-19(15-22)10-11-20-9-7-8-13-21-20/h7-9,12-18H,1-6H3. The van der Waals surface area contributed by atoms with Crippen molar-refractivity contribution in [2.24, 2.45) is 0 Å². The first-order valence-corrected chi connectivity index (χ1v) is 10.7. The van der Waals surface area contributed by atoms with E-state index in [0.29, 0.717) is 16.6 Å². The molecule has 0 N–H and O–H groups in total. The first kappa shape index (κ1) is 17.6. The second-order valence-electron chi connectivity index (χ2n) is 7.12. The zero-order valence-electron chi connectivity index (χ0n) is 15.2. The van der Waals surface area contributed by atoms with E-state index in [1.807, 2.05) is 18.2 Å². The molecule has 0 amide bonds. The summed E-state index contributed by atoms with van der Waals surface area (Å²) < 4.78 is 2.52. The maximum atomic E-state index is 4.26. The van der Waals surface area contributed by atoms with Gasteiger partial charge in [0.25, 0.3) is 0 Å². The van der Waals surface area contributed by atoms with Gasteiger partial charge in [-0.1, -0.05) is 53.5 Å². The van der Waals surface area contributed by atoms with E-state index in [0.717, 1.165) is 11.3 Å². The van der Waals surface area contributed by atoms with Gasteiger partial charge in [-0.2, -0.15) is 0 Å². The summed E-state index contributed by atoms with van der Waals surface area (Å²) in [5.74, 6) is 6.41. The molecule has 0 saturated carbocycles. The van der Waals surface area contributed by atoms with Crippen molar-refractivity contribution in [3.63, 3.8) is 0 Å². The van der Waals surface area contributed by atoms with E-state index < -0.39 is 8.24 Å². The van der Waals surface area contributed by atoms with Crippen molar-refractivity contribution in [1.29, 1.82) is 0 Å². The molecule has 2 rings (SSSR count). The molecule has 0 radical (unpaired) electrons. The molecule has 23 heavy (non-hydrogen) atoms. The van der Waals surface area contributed by atoms with E-state index >= 15 is 0 Å². The highest BCUT2D eigenvalue weighted by Gasteiger charge is 2.44. The monoisotopic (exact) mass is 324 g/mol. The highest BCUT2D eigenvalue weighted by molar-refractivity contribution is 6.82. The largest absolute Gasteiger partial charge is 0.378 e. The third-order valence-corrected chi connectivity index (χ3v) is 11.6. The number of rotatable bonds is 4. The van der Waals surface area contributed by atoms with E-state index in [9.17, 15) is 0 Å². The molecule has 122 valence electrons. The fourth-order valence-corrected chi connectivity index (χ4v) is 10.7. The van der Waals surface area contributed by atoms with E-state index in [2.05, 4.69) is 81.1 Å². The Morgan fingerprint density at radius 3 is 2.09 bits per heavy atom. The van der Waals surface area contributed by atoms with Crippen molar-refractivity contribution >= 4 is 8.24 Å². The lowest BCUT2D eigenvalue weighted by molar-refractivity contribution is 0.765. The van der Waals surface area contributed by atoms with Crippen LogP contribution in [0.2, 0.25) is 16.6 Å². The van der Waals surface area contributed by atoms with Crippen molar-refractivity contribution in [2.45, 2.75) is 58.2 Å². The van der Waals surface area contributed by atoms with E-state index in [1.165, 1.54) is 0 Å². The lowest BCUT2D eigenvalue weighted by atomic mass is 10.3. The van der Waals surface area contributed by atoms with Crippen LogP contribution >= 0.6 is 0 Å². The number of aromatic nitrogens is 2. The van der Waals surface area contributed by atoms with Crippen LogP contribution in [0.25, 0.3) is 0 Å². The van der Waals surface area contributed by atoms with Crippen LogP contribution in [0, 0.1) is 11.8 Å². The van der Waals surface area contributed by atoms with Crippen LogP contribution in [-0.4, -0.2) is 17.5 Å². The molecule has 0 aliphatic rings. The van der Waals surface area contributed by atoms with Gasteiger partial charge in [-0.15, -0.1) is 0 Å². The molecule has 2 nitrogen and oxygen atoms in total. The van der Waals surface area contributed by atoms with Crippen molar-refractivity contribution < 1.29 is 0 Å². The van der Waals surface area contributed by atoms with Gasteiger partial charge < -0.3 is 4.23 Å². The maximum Gasteiger partial charge on any atom is 0.168 e. The van der Waals surface area contributed by atoms with Gasteiger partial charge in [0.15, 0.2) is 8.24 Å². The number of nitrogens with zero attached hydrogens (tertiary/aromatic N) is 2. The number of hydrogen-bond donors (Lipinski definition) is 0. The normalized spacial score (nSPS) is 11.9. The van der Waals surface area contributed by atoms with Crippen molar-refractivity contribution in [3.05, 3.63) is 54.1 Å². The predicted octanol–water partition coefficient (Wildman–Crippen LogP) is 5.31. The average Bonchev–Trinajstić information content (AvgIpc) is 2.94. The topological polar surface area (TPSA) is 17.8 Å². The van der Waals surface area contributed by atoms with Gasteiger partial charge in [-0.25, -0.2) is 4.98 Å². The van der Waals surface area contributed by atoms with Gasteiger partial charge >= 0.3 is 0 Å². The van der Waals surface area contributed by atoms with Crippen LogP contribution < -0.4 is 0 Å². The Balaban J connectivity index is 2.39. The third kappa shape index (κ3) is 3.43. The molecule has 0 aromatic carbocycles. The first-order valence-electron chi connectivity index (χ1n) is 8.50. The third-order valence-electron chi connectivity index (χ3n) is 4.91. The SMILES string of the molecule is CC(C)[Si](C(C)C)(C(C)C)n1ccc(C#Cc2ccccn2)c1. The molecule has 0 spiro atoms. The highest BCUT2D eigenvalue weighted by Crippen LogP contribution is 2.42. The van der Waals surface area contributed by atoms with Crippen molar-refractivity contribution in [1.82, 2.24) is 9.22 Å². The zero-order chi connectivity index (χ0) is 17.0. The number of hydrogen-bond acceptors (Lipinski definition) is 1. The highest BCUT2D eigenvalue weighted by atomic mass is 28.3. The Kier molecular flexibility index (Phi) is 5.49. The van der Waals surface area contributed by atoms with Crippen LogP contribution in [-0.2, 0) is 0 Å². The fraction of sp³-hybridized carbons (Fsp3) is 0.450. The van der Waals surface area contributed by atoms with Gasteiger partial charge in [-0.05, 0) is 46.9 Å². The zero-order valence-corrected chi connectivity index (χ0v) is 16.2. The maximum absolute atomic E-state index is 4.26. The second kappa shape index (κ2) is 7.19. The molecule has 3 heteroatoms. The van der Waals surface area contributed by atoms with Crippen LogP contribution in [0.4, 0.5) is 0 Å². The summed E-state index contributed by atoms with van der Waals surface area (Å²) in [4.78, 5) is 4.26. The Bertz CT molecular complexity index is 665. The van der Waals surface area contributed by atoms with Crippen LogP contribution in [0.5, 0.6) is 0 Å². The average molecular weight is 325 g/mol. The summed E-state index contributed by atoms with van der Waals surface area (Å²) in [5.41, 5.74) is 3.96. The Morgan fingerprint density at radius 1 is 0.913 bits per heavy atom. The molecular formula is C20H28N2Si. The quantitative estimate of drug-likeness (QED) is 0.551. The van der Waals surface area contributed by atoms with Crippen molar-refractivity contribution in [2.75, 3.05) is 0 Å². The van der Waals surface area contributed by atoms with E-state index in [4.69, 9.17) is 0 Å². The summed E-state index contributed by atoms with van der Waals surface area (Å²) in [7, 11) is -1.66. The lowest BCUT2D eigenvalue weighted by Crippen LogP contribution is -2.51. The van der Waals surface area contributed by atoms with Gasteiger partial charge in [0.1, 0.15) is 5.69 Å². The molecule has 2 aromatic rings. The van der Waals surface area contributed by atoms with Gasteiger partial charge in [0.05, 0.1) is 0 Å². The van der Waals surface area contributed by atoms with Crippen LogP contribution in [0.3, 0.4) is 0 Å². The minimum atomic E-state index is -1.66. The van der Waals surface area contributed by atoms with Gasteiger partial charge in [0.2, 0.25) is 0 Å². The van der Waals surface area contributed by atoms with Gasteiger partial charge in [-0.3, -0.25) is 0 Å². The van der Waals surface area contributed by atoms with E-state index in [1.54, 1.807) is 6.20 Å². The summed E-state index contributed by atoms with van der Waals surface area (Å²) in [6.45, 7) is 14.3. The molecule has 0 bridgehead atoms. The summed E-state index contributed by atoms with van der Waals surface area (Å²) >= 11 is 0. The smallest absolute Gasteiger partial charge is 0.168 e. The Morgan fingerprint density at radius 2 is 1.57 bits per heavy atom. The second-order valence-corrected chi connectivity index (χ2v) is 12.9. The minimum absolute atomic E-state index is 0.687. The molecule has 2 aromatic heterocycles. The van der Waals surface area contributed by atoms with E-state index in [-0.39, 0.29) is 0 Å². The molecule has 0 fully saturated rings. The minimum Gasteiger partial charge on any atom is -0.378 e. The van der Waals surface area contributed by atoms with Crippen LogP contribution in [0.15, 0.2) is 42.9 Å². The fourth-order valence-electron chi connectivity index (χ4n) is 4.18. The summed E-state index contributed by atoms with van der Waals surface area (Å²) in [6, 6.07) is 7.97.